The fourth-order valence-corrected chi connectivity index (χ4v) is 5.68. The molecule has 10 heteroatoms. The van der Waals surface area contributed by atoms with Gasteiger partial charge in [0.15, 0.2) is 0 Å². The lowest BCUT2D eigenvalue weighted by molar-refractivity contribution is -0.111. The SMILES string of the molecule is N#CC1=C(N)n2c(s/c(=C\c3ccccc3F)c2=O)=C(C(=O)Nc2ccc(Br)cc2)C1c1ccccc1F. The topological polar surface area (TPSA) is 101 Å². The molecule has 3 aromatic carbocycles. The Hall–Kier alpha value is -4.33. The van der Waals surface area contributed by atoms with Crippen molar-refractivity contribution in [2.45, 2.75) is 5.92 Å². The molecule has 1 amide bonds. The van der Waals surface area contributed by atoms with Crippen molar-refractivity contribution in [3.8, 4) is 6.07 Å². The van der Waals surface area contributed by atoms with Crippen LogP contribution < -0.4 is 25.8 Å². The predicted octanol–water partition coefficient (Wildman–Crippen LogP) is 4.02. The van der Waals surface area contributed by atoms with Gasteiger partial charge < -0.3 is 11.1 Å². The number of carbonyl (C=O) groups is 1. The highest BCUT2D eigenvalue weighted by Gasteiger charge is 2.37. The summed E-state index contributed by atoms with van der Waals surface area (Å²) in [4.78, 5) is 27.2. The molecule has 0 spiro atoms. The zero-order valence-electron chi connectivity index (χ0n) is 19.4. The molecular weight excluding hydrogens is 574 g/mol. The first-order valence-electron chi connectivity index (χ1n) is 11.2. The minimum Gasteiger partial charge on any atom is -0.384 e. The number of fused-ring (bicyclic) bond motifs is 1. The van der Waals surface area contributed by atoms with Crippen molar-refractivity contribution in [3.63, 3.8) is 0 Å². The van der Waals surface area contributed by atoms with E-state index in [-0.39, 0.29) is 37.3 Å². The van der Waals surface area contributed by atoms with Crippen molar-refractivity contribution >= 4 is 56.3 Å². The van der Waals surface area contributed by atoms with Crippen LogP contribution in [0.2, 0.25) is 0 Å². The number of nitriles is 1. The van der Waals surface area contributed by atoms with E-state index >= 15 is 4.39 Å². The molecule has 6 nitrogen and oxygen atoms in total. The second-order valence-electron chi connectivity index (χ2n) is 8.32. The van der Waals surface area contributed by atoms with Crippen molar-refractivity contribution in [2.24, 2.45) is 5.73 Å². The average Bonchev–Trinajstić information content (AvgIpc) is 3.22. The van der Waals surface area contributed by atoms with Gasteiger partial charge in [0, 0.05) is 21.3 Å². The molecule has 0 saturated heterocycles. The van der Waals surface area contributed by atoms with E-state index in [1.807, 2.05) is 6.07 Å². The molecule has 0 bridgehead atoms. The highest BCUT2D eigenvalue weighted by molar-refractivity contribution is 9.10. The average molecular weight is 591 g/mol. The van der Waals surface area contributed by atoms with Gasteiger partial charge in [-0.15, -0.1) is 11.3 Å². The fourth-order valence-electron chi connectivity index (χ4n) is 4.25. The van der Waals surface area contributed by atoms with Gasteiger partial charge in [-0.25, -0.2) is 8.78 Å². The number of aromatic nitrogens is 1. The molecule has 3 N–H and O–H groups in total. The molecule has 0 radical (unpaired) electrons. The third-order valence-electron chi connectivity index (χ3n) is 6.02. The Morgan fingerprint density at radius 3 is 2.37 bits per heavy atom. The molecule has 188 valence electrons. The van der Waals surface area contributed by atoms with Crippen LogP contribution in [0.3, 0.4) is 0 Å². The lowest BCUT2D eigenvalue weighted by Crippen LogP contribution is -2.41. The number of thiazole rings is 1. The molecular formula is C28H17BrF2N4O2S. The van der Waals surface area contributed by atoms with Crippen molar-refractivity contribution < 1.29 is 13.6 Å². The standard InChI is InChI=1S/C28H17BrF2N4O2S/c29-16-9-11-17(12-10-16)34-26(36)24-23(18-6-2-4-8-21(18)31)19(14-32)25(33)35-27(37)22(38-28(24)35)13-15-5-1-3-7-20(15)30/h1-13,23H,33H2,(H,34,36)/b22-13-. The van der Waals surface area contributed by atoms with Crippen molar-refractivity contribution in [2.75, 3.05) is 5.32 Å². The largest absolute Gasteiger partial charge is 0.384 e. The van der Waals surface area contributed by atoms with Crippen LogP contribution in [-0.2, 0) is 4.79 Å². The maximum atomic E-state index is 15.1. The normalized spacial score (nSPS) is 15.3. The summed E-state index contributed by atoms with van der Waals surface area (Å²) >= 11 is 4.25. The van der Waals surface area contributed by atoms with Crippen LogP contribution >= 0.6 is 27.3 Å². The van der Waals surface area contributed by atoms with E-state index < -0.39 is 29.0 Å². The van der Waals surface area contributed by atoms with Crippen LogP contribution in [-0.4, -0.2) is 10.5 Å². The van der Waals surface area contributed by atoms with E-state index in [0.717, 1.165) is 20.4 Å². The summed E-state index contributed by atoms with van der Waals surface area (Å²) in [6, 6.07) is 20.4. The first-order chi connectivity index (χ1) is 18.3. The maximum absolute atomic E-state index is 15.1. The number of nitrogens with zero attached hydrogens (tertiary/aromatic N) is 2. The van der Waals surface area contributed by atoms with Crippen molar-refractivity contribution in [1.82, 2.24) is 4.57 Å². The van der Waals surface area contributed by atoms with Gasteiger partial charge in [0.25, 0.3) is 11.5 Å². The number of anilines is 1. The number of rotatable bonds is 4. The first-order valence-corrected chi connectivity index (χ1v) is 12.8. The van der Waals surface area contributed by atoms with Crippen LogP contribution in [0.5, 0.6) is 0 Å². The van der Waals surface area contributed by atoms with Gasteiger partial charge in [-0.1, -0.05) is 52.3 Å². The monoisotopic (exact) mass is 590 g/mol. The number of nitrogens with two attached hydrogens (primary N) is 1. The third kappa shape index (κ3) is 4.47. The minimum absolute atomic E-state index is 0.0287. The van der Waals surface area contributed by atoms with Crippen LogP contribution in [0.15, 0.2) is 87.6 Å². The summed E-state index contributed by atoms with van der Waals surface area (Å²) in [5, 5.41) is 12.8. The maximum Gasteiger partial charge on any atom is 0.274 e. The molecule has 38 heavy (non-hydrogen) atoms. The van der Waals surface area contributed by atoms with Gasteiger partial charge in [-0.2, -0.15) is 5.26 Å². The highest BCUT2D eigenvalue weighted by Crippen LogP contribution is 2.37. The van der Waals surface area contributed by atoms with Crippen LogP contribution in [0.25, 0.3) is 17.5 Å². The molecule has 1 aliphatic heterocycles. The summed E-state index contributed by atoms with van der Waals surface area (Å²) in [6.07, 6.45) is 1.36. The Morgan fingerprint density at radius 2 is 1.71 bits per heavy atom. The number of carbonyl (C=O) groups excluding carboxylic acids is 1. The van der Waals surface area contributed by atoms with Gasteiger partial charge in [0.1, 0.15) is 22.1 Å². The zero-order valence-corrected chi connectivity index (χ0v) is 21.8. The molecule has 1 aliphatic rings. The van der Waals surface area contributed by atoms with Crippen molar-refractivity contribution in [3.05, 3.63) is 125 Å². The van der Waals surface area contributed by atoms with Crippen molar-refractivity contribution in [1.29, 1.82) is 5.26 Å². The summed E-state index contributed by atoms with van der Waals surface area (Å²) in [5.41, 5.74) is 6.18. The van der Waals surface area contributed by atoms with E-state index in [1.54, 1.807) is 36.4 Å². The summed E-state index contributed by atoms with van der Waals surface area (Å²) in [5.74, 6) is -3.22. The zero-order chi connectivity index (χ0) is 27.0. The molecule has 1 unspecified atom stereocenters. The van der Waals surface area contributed by atoms with E-state index in [1.165, 1.54) is 42.5 Å². The quantitative estimate of drug-likeness (QED) is 0.375. The van der Waals surface area contributed by atoms with Gasteiger partial charge in [0.2, 0.25) is 0 Å². The Balaban J connectivity index is 1.83. The van der Waals surface area contributed by atoms with E-state index in [2.05, 4.69) is 21.2 Å². The molecule has 0 fully saturated rings. The molecule has 1 aromatic heterocycles. The molecule has 2 heterocycles. The van der Waals surface area contributed by atoms with Crippen LogP contribution in [0.4, 0.5) is 14.5 Å². The lowest BCUT2D eigenvalue weighted by Gasteiger charge is -2.25. The third-order valence-corrected chi connectivity index (χ3v) is 7.66. The summed E-state index contributed by atoms with van der Waals surface area (Å²) < 4.78 is 31.5. The summed E-state index contributed by atoms with van der Waals surface area (Å²) in [7, 11) is 0. The van der Waals surface area contributed by atoms with E-state index in [9.17, 15) is 19.2 Å². The number of allylic oxidation sites excluding steroid dienone is 1. The Bertz CT molecular complexity index is 1850. The highest BCUT2D eigenvalue weighted by atomic mass is 79.9. The van der Waals surface area contributed by atoms with Gasteiger partial charge in [-0.3, -0.25) is 14.2 Å². The Kier molecular flexibility index (Phi) is 6.80. The first kappa shape index (κ1) is 25.3. The molecule has 0 aliphatic carbocycles. The number of hydrogen-bond acceptors (Lipinski definition) is 5. The van der Waals surface area contributed by atoms with E-state index in [4.69, 9.17) is 5.73 Å². The second kappa shape index (κ2) is 10.2. The fraction of sp³-hybridized carbons (Fsp3) is 0.0357. The lowest BCUT2D eigenvalue weighted by atomic mass is 9.83. The van der Waals surface area contributed by atoms with Gasteiger partial charge in [0.05, 0.1) is 27.7 Å². The summed E-state index contributed by atoms with van der Waals surface area (Å²) in [6.45, 7) is 0. The van der Waals surface area contributed by atoms with E-state index in [0.29, 0.717) is 5.69 Å². The Labute approximate surface area is 227 Å². The second-order valence-corrected chi connectivity index (χ2v) is 10.3. The molecule has 5 rings (SSSR count). The number of halogens is 3. The number of hydrogen-bond donors (Lipinski definition) is 2. The van der Waals surface area contributed by atoms with Gasteiger partial charge >= 0.3 is 0 Å². The van der Waals surface area contributed by atoms with Crippen LogP contribution in [0.1, 0.15) is 17.0 Å². The molecule has 1 atom stereocenters. The van der Waals surface area contributed by atoms with Crippen LogP contribution in [0, 0.1) is 23.0 Å². The number of benzene rings is 3. The predicted molar refractivity (Wildman–Crippen MR) is 146 cm³/mol. The number of amides is 1. The molecule has 4 aromatic rings. The molecule has 0 saturated carbocycles. The van der Waals surface area contributed by atoms with Gasteiger partial charge in [-0.05, 0) is 42.5 Å². The minimum atomic E-state index is -1.18. The Morgan fingerprint density at radius 1 is 1.05 bits per heavy atom. The smallest absolute Gasteiger partial charge is 0.274 e. The number of nitrogens with one attached hydrogen (secondary N) is 1.